The van der Waals surface area contributed by atoms with Crippen molar-refractivity contribution < 1.29 is 0 Å². The fourth-order valence-corrected chi connectivity index (χ4v) is 1.53. The van der Waals surface area contributed by atoms with Crippen molar-refractivity contribution in [2.24, 2.45) is 0 Å². The molecule has 0 bridgehead atoms. The molecule has 2 rings (SSSR count). The molecule has 0 aliphatic carbocycles. The summed E-state index contributed by atoms with van der Waals surface area (Å²) in [6.45, 7) is 1.66. The van der Waals surface area contributed by atoms with Crippen LogP contribution in [0.4, 0.5) is 5.82 Å². The highest BCUT2D eigenvalue weighted by Crippen LogP contribution is 2.16. The monoisotopic (exact) mass is 267 g/mol. The van der Waals surface area contributed by atoms with Crippen molar-refractivity contribution in [2.45, 2.75) is 6.54 Å². The van der Waals surface area contributed by atoms with E-state index < -0.39 is 0 Å². The number of rotatable bonds is 4. The molecule has 2 heterocycles. The quantitative estimate of drug-likeness (QED) is 0.914. The zero-order valence-corrected chi connectivity index (χ0v) is 9.55. The minimum Gasteiger partial charge on any atom is -0.367 e. The third kappa shape index (κ3) is 2.76. The molecule has 0 amide bonds. The molecule has 78 valence electrons. The predicted octanol–water partition coefficient (Wildman–Crippen LogP) is 1.55. The van der Waals surface area contributed by atoms with Crippen LogP contribution in [0.25, 0.3) is 0 Å². The minimum absolute atomic E-state index is 0.798. The number of imidazole rings is 1. The molecule has 1 N–H and O–H groups in total. The fourth-order valence-electron chi connectivity index (χ4n) is 1.17. The van der Waals surface area contributed by atoms with Crippen LogP contribution in [-0.2, 0) is 6.54 Å². The highest BCUT2D eigenvalue weighted by Gasteiger charge is 1.98. The topological polar surface area (TPSA) is 55.6 Å². The first-order chi connectivity index (χ1) is 7.36. The van der Waals surface area contributed by atoms with Crippen LogP contribution in [0, 0.1) is 0 Å². The third-order valence-electron chi connectivity index (χ3n) is 1.89. The molecule has 0 atom stereocenters. The number of aromatic nitrogens is 4. The van der Waals surface area contributed by atoms with Crippen molar-refractivity contribution in [1.82, 2.24) is 19.5 Å². The number of hydrogen-bond acceptors (Lipinski definition) is 4. The van der Waals surface area contributed by atoms with E-state index in [4.69, 9.17) is 0 Å². The highest BCUT2D eigenvalue weighted by molar-refractivity contribution is 9.10. The molecule has 0 aliphatic rings. The van der Waals surface area contributed by atoms with Gasteiger partial charge in [-0.2, -0.15) is 0 Å². The van der Waals surface area contributed by atoms with E-state index >= 15 is 0 Å². The molecular formula is C9H10BrN5. The van der Waals surface area contributed by atoms with Crippen LogP contribution < -0.4 is 5.32 Å². The Labute approximate surface area is 95.7 Å². The summed E-state index contributed by atoms with van der Waals surface area (Å²) in [5.74, 6) is 0.810. The van der Waals surface area contributed by atoms with Crippen molar-refractivity contribution in [1.29, 1.82) is 0 Å². The Hall–Kier alpha value is -1.43. The summed E-state index contributed by atoms with van der Waals surface area (Å²) in [7, 11) is 0. The zero-order chi connectivity index (χ0) is 10.5. The molecule has 0 saturated carbocycles. The lowest BCUT2D eigenvalue weighted by atomic mass is 10.5. The van der Waals surface area contributed by atoms with Crippen molar-refractivity contribution in [3.63, 3.8) is 0 Å². The van der Waals surface area contributed by atoms with Gasteiger partial charge in [0, 0.05) is 31.7 Å². The second kappa shape index (κ2) is 4.88. The first-order valence-electron chi connectivity index (χ1n) is 4.51. The van der Waals surface area contributed by atoms with Crippen LogP contribution in [0.2, 0.25) is 0 Å². The Morgan fingerprint density at radius 1 is 1.40 bits per heavy atom. The molecule has 0 unspecified atom stereocenters. The zero-order valence-electron chi connectivity index (χ0n) is 7.97. The normalized spacial score (nSPS) is 10.2. The van der Waals surface area contributed by atoms with Gasteiger partial charge in [-0.3, -0.25) is 0 Å². The van der Waals surface area contributed by atoms with Gasteiger partial charge in [0.2, 0.25) is 0 Å². The van der Waals surface area contributed by atoms with Gasteiger partial charge in [-0.15, -0.1) is 0 Å². The van der Waals surface area contributed by atoms with Gasteiger partial charge in [0.15, 0.2) is 0 Å². The fraction of sp³-hybridized carbons (Fsp3) is 0.222. The van der Waals surface area contributed by atoms with E-state index in [1.165, 1.54) is 6.33 Å². The smallest absolute Gasteiger partial charge is 0.143 e. The molecule has 6 heteroatoms. The minimum atomic E-state index is 0.798. The molecule has 2 aromatic heterocycles. The van der Waals surface area contributed by atoms with Gasteiger partial charge >= 0.3 is 0 Å². The Morgan fingerprint density at radius 2 is 2.33 bits per heavy atom. The molecule has 0 radical (unpaired) electrons. The van der Waals surface area contributed by atoms with Crippen LogP contribution in [0.5, 0.6) is 0 Å². The lowest BCUT2D eigenvalue weighted by Crippen LogP contribution is -2.10. The largest absolute Gasteiger partial charge is 0.367 e. The van der Waals surface area contributed by atoms with Gasteiger partial charge in [-0.1, -0.05) is 0 Å². The van der Waals surface area contributed by atoms with Crippen LogP contribution in [0.15, 0.2) is 35.7 Å². The number of nitrogens with zero attached hydrogens (tertiary/aromatic N) is 4. The first kappa shape index (κ1) is 10.1. The molecule has 0 spiro atoms. The first-order valence-corrected chi connectivity index (χ1v) is 5.30. The molecule has 15 heavy (non-hydrogen) atoms. The predicted molar refractivity (Wildman–Crippen MR) is 60.4 cm³/mol. The summed E-state index contributed by atoms with van der Waals surface area (Å²) in [4.78, 5) is 12.0. The van der Waals surface area contributed by atoms with Crippen molar-refractivity contribution in [3.05, 3.63) is 35.7 Å². The molecule has 0 fully saturated rings. The number of nitrogens with one attached hydrogen (secondary N) is 1. The standard InChI is InChI=1S/C9H10BrN5/c10-8-5-12-6-14-9(8)13-2-4-15-3-1-11-7-15/h1,3,5-7H,2,4H2,(H,12,13,14). The van der Waals surface area contributed by atoms with Gasteiger partial charge in [-0.25, -0.2) is 15.0 Å². The van der Waals surface area contributed by atoms with E-state index in [9.17, 15) is 0 Å². The molecular weight excluding hydrogens is 258 g/mol. The maximum atomic E-state index is 4.10. The Bertz CT molecular complexity index is 414. The maximum Gasteiger partial charge on any atom is 0.143 e. The average Bonchev–Trinajstić information content (AvgIpc) is 2.74. The number of anilines is 1. The van der Waals surface area contributed by atoms with E-state index in [0.717, 1.165) is 23.4 Å². The summed E-state index contributed by atoms with van der Waals surface area (Å²) in [5, 5.41) is 3.20. The second-order valence-corrected chi connectivity index (χ2v) is 3.80. The second-order valence-electron chi connectivity index (χ2n) is 2.95. The Balaban J connectivity index is 1.86. The van der Waals surface area contributed by atoms with Gasteiger partial charge in [-0.05, 0) is 15.9 Å². The lowest BCUT2D eigenvalue weighted by molar-refractivity contribution is 0.725. The number of hydrogen-bond donors (Lipinski definition) is 1. The van der Waals surface area contributed by atoms with Gasteiger partial charge in [0.05, 0.1) is 10.8 Å². The van der Waals surface area contributed by atoms with Crippen molar-refractivity contribution in [3.8, 4) is 0 Å². The Morgan fingerprint density at radius 3 is 3.07 bits per heavy atom. The lowest BCUT2D eigenvalue weighted by Gasteiger charge is -2.06. The van der Waals surface area contributed by atoms with E-state index in [1.807, 2.05) is 10.8 Å². The molecule has 5 nitrogen and oxygen atoms in total. The highest BCUT2D eigenvalue weighted by atomic mass is 79.9. The van der Waals surface area contributed by atoms with E-state index in [1.54, 1.807) is 18.7 Å². The molecule has 0 saturated heterocycles. The van der Waals surface area contributed by atoms with E-state index in [-0.39, 0.29) is 0 Å². The van der Waals surface area contributed by atoms with E-state index in [0.29, 0.717) is 0 Å². The van der Waals surface area contributed by atoms with Crippen LogP contribution in [-0.4, -0.2) is 26.1 Å². The van der Waals surface area contributed by atoms with Crippen LogP contribution >= 0.6 is 15.9 Å². The summed E-state index contributed by atoms with van der Waals surface area (Å²) in [6, 6.07) is 0. The number of halogens is 1. The van der Waals surface area contributed by atoms with Crippen molar-refractivity contribution >= 4 is 21.7 Å². The third-order valence-corrected chi connectivity index (χ3v) is 2.47. The summed E-state index contributed by atoms with van der Waals surface area (Å²) < 4.78 is 2.87. The van der Waals surface area contributed by atoms with Gasteiger partial charge in [0.25, 0.3) is 0 Å². The van der Waals surface area contributed by atoms with Crippen LogP contribution in [0.3, 0.4) is 0 Å². The summed E-state index contributed by atoms with van der Waals surface area (Å²) in [5.41, 5.74) is 0. The molecule has 0 aromatic carbocycles. The van der Waals surface area contributed by atoms with Gasteiger partial charge in [0.1, 0.15) is 12.1 Å². The van der Waals surface area contributed by atoms with Gasteiger partial charge < -0.3 is 9.88 Å². The average molecular weight is 268 g/mol. The Kier molecular flexibility index (Phi) is 3.29. The summed E-state index contributed by atoms with van der Waals surface area (Å²) in [6.07, 6.45) is 8.71. The van der Waals surface area contributed by atoms with Crippen molar-refractivity contribution in [2.75, 3.05) is 11.9 Å². The SMILES string of the molecule is Brc1cncnc1NCCn1ccnc1. The van der Waals surface area contributed by atoms with E-state index in [2.05, 4.69) is 36.2 Å². The molecule has 0 aliphatic heterocycles. The maximum absolute atomic E-state index is 4.10. The molecule has 2 aromatic rings. The summed E-state index contributed by atoms with van der Waals surface area (Å²) >= 11 is 3.37. The van der Waals surface area contributed by atoms with Crippen LogP contribution in [0.1, 0.15) is 0 Å².